The number of phenolic OH excluding ortho intramolecular Hbond substituents is 1. The zero-order valence-electron chi connectivity index (χ0n) is 18.2. The number of phenols is 1. The third-order valence-corrected chi connectivity index (χ3v) is 5.53. The van der Waals surface area contributed by atoms with E-state index >= 15 is 0 Å². The van der Waals surface area contributed by atoms with Gasteiger partial charge in [0.2, 0.25) is 0 Å². The molecule has 1 fully saturated rings. The van der Waals surface area contributed by atoms with Crippen LogP contribution in [0.15, 0.2) is 53.9 Å². The van der Waals surface area contributed by atoms with Crippen molar-refractivity contribution >= 4 is 17.4 Å². The van der Waals surface area contributed by atoms with E-state index < -0.39 is 17.8 Å². The molecule has 0 aliphatic heterocycles. The smallest absolute Gasteiger partial charge is 0.650 e. The SMILES string of the molecule is CN(C)C(=O)c1cccc([N-]C2=C(N[C@@H](c3ccc(F)cc3)C3CC3)C(O)C2=O)c1O.[Li+]. The number of hydrogen-bond acceptors (Lipinski definition) is 5. The minimum Gasteiger partial charge on any atom is -0.650 e. The van der Waals surface area contributed by atoms with Crippen LogP contribution in [0.5, 0.6) is 5.75 Å². The molecule has 2 aliphatic carbocycles. The van der Waals surface area contributed by atoms with Gasteiger partial charge in [0.15, 0.2) is 11.9 Å². The summed E-state index contributed by atoms with van der Waals surface area (Å²) in [6, 6.07) is 10.4. The van der Waals surface area contributed by atoms with Gasteiger partial charge in [0, 0.05) is 19.8 Å². The van der Waals surface area contributed by atoms with Crippen molar-refractivity contribution < 1.29 is 43.1 Å². The Balaban J connectivity index is 0.00000289. The van der Waals surface area contributed by atoms with Gasteiger partial charge in [0.1, 0.15) is 11.6 Å². The van der Waals surface area contributed by atoms with Crippen molar-refractivity contribution in [2.75, 3.05) is 14.1 Å². The zero-order chi connectivity index (χ0) is 22.3. The quantitative estimate of drug-likeness (QED) is 0.541. The van der Waals surface area contributed by atoms with Crippen molar-refractivity contribution in [1.29, 1.82) is 0 Å². The predicted octanol–water partition coefficient (Wildman–Crippen LogP) is 0.138. The molecule has 0 spiro atoms. The maximum absolute atomic E-state index is 13.3. The molecular weight excluding hydrogens is 408 g/mol. The van der Waals surface area contributed by atoms with Crippen LogP contribution in [-0.2, 0) is 4.79 Å². The molecule has 0 heterocycles. The summed E-state index contributed by atoms with van der Waals surface area (Å²) in [4.78, 5) is 25.9. The Morgan fingerprint density at radius 1 is 1.19 bits per heavy atom. The van der Waals surface area contributed by atoms with Crippen LogP contribution in [0.2, 0.25) is 0 Å². The van der Waals surface area contributed by atoms with Gasteiger partial charge in [0.05, 0.1) is 11.6 Å². The van der Waals surface area contributed by atoms with Crippen LogP contribution in [0.1, 0.15) is 34.8 Å². The minimum absolute atomic E-state index is 0. The Kier molecular flexibility index (Phi) is 6.99. The Morgan fingerprint density at radius 3 is 2.44 bits per heavy atom. The first-order valence-corrected chi connectivity index (χ1v) is 10.0. The maximum atomic E-state index is 13.3. The van der Waals surface area contributed by atoms with E-state index in [-0.39, 0.29) is 59.1 Å². The number of halogens is 1. The molecular formula is C23H23FLiN3O4. The topological polar surface area (TPSA) is 104 Å². The van der Waals surface area contributed by atoms with Gasteiger partial charge in [-0.3, -0.25) is 9.59 Å². The molecule has 3 N–H and O–H groups in total. The Bertz CT molecular complexity index is 1070. The number of nitrogens with zero attached hydrogens (tertiary/aromatic N) is 2. The van der Waals surface area contributed by atoms with Crippen molar-refractivity contribution in [2.45, 2.75) is 25.0 Å². The Morgan fingerprint density at radius 2 is 1.84 bits per heavy atom. The second-order valence-electron chi connectivity index (χ2n) is 8.02. The van der Waals surface area contributed by atoms with E-state index in [9.17, 15) is 24.2 Å². The largest absolute Gasteiger partial charge is 1.00 e. The monoisotopic (exact) mass is 431 g/mol. The average Bonchev–Trinajstić information content (AvgIpc) is 3.59. The van der Waals surface area contributed by atoms with E-state index in [1.807, 2.05) is 0 Å². The summed E-state index contributed by atoms with van der Waals surface area (Å²) >= 11 is 0. The molecule has 1 unspecified atom stereocenters. The molecule has 0 saturated heterocycles. The second-order valence-corrected chi connectivity index (χ2v) is 8.02. The average molecular weight is 431 g/mol. The van der Waals surface area contributed by atoms with Gasteiger partial charge in [-0.1, -0.05) is 35.6 Å². The van der Waals surface area contributed by atoms with Crippen LogP contribution in [0, 0.1) is 11.7 Å². The molecule has 1 amide bonds. The van der Waals surface area contributed by atoms with Crippen molar-refractivity contribution in [3.63, 3.8) is 0 Å². The molecule has 4 rings (SSSR count). The van der Waals surface area contributed by atoms with Crippen molar-refractivity contribution in [3.8, 4) is 5.75 Å². The van der Waals surface area contributed by atoms with Crippen molar-refractivity contribution in [1.82, 2.24) is 10.2 Å². The summed E-state index contributed by atoms with van der Waals surface area (Å²) in [6.45, 7) is 0. The van der Waals surface area contributed by atoms with Gasteiger partial charge in [-0.15, -0.1) is 0 Å². The van der Waals surface area contributed by atoms with E-state index in [0.29, 0.717) is 5.92 Å². The second kappa shape index (κ2) is 9.37. The molecule has 0 radical (unpaired) electrons. The number of carbonyl (C=O) groups is 2. The standard InChI is InChI=1S/C23H23FN3O4.Li/c1-27(2)23(31)15-4-3-5-16(20(15)28)25-18-19(22(30)21(18)29)26-17(12-6-7-12)13-8-10-14(24)11-9-13;/h3-5,8-12,17,22,30H,6-7H2,1-2H3,(H,26,29)(H,28,31);/q-1;+1/t17-,22?;/m1./s1. The fourth-order valence-electron chi connectivity index (χ4n) is 3.60. The molecule has 162 valence electrons. The first-order valence-electron chi connectivity index (χ1n) is 10.0. The van der Waals surface area contributed by atoms with Crippen LogP contribution in [0.4, 0.5) is 10.1 Å². The molecule has 2 aliphatic rings. The van der Waals surface area contributed by atoms with Gasteiger partial charge in [-0.2, -0.15) is 0 Å². The third-order valence-electron chi connectivity index (χ3n) is 5.53. The number of aliphatic hydroxyl groups is 1. The van der Waals surface area contributed by atoms with Gasteiger partial charge < -0.3 is 25.7 Å². The van der Waals surface area contributed by atoms with Crippen LogP contribution >= 0.6 is 0 Å². The number of carbonyl (C=O) groups excluding carboxylic acids is 2. The number of ketones is 1. The summed E-state index contributed by atoms with van der Waals surface area (Å²) < 4.78 is 13.3. The van der Waals surface area contributed by atoms with Gasteiger partial charge in [-0.05, 0) is 42.5 Å². The van der Waals surface area contributed by atoms with Crippen molar-refractivity contribution in [3.05, 3.63) is 76.1 Å². The molecule has 1 saturated carbocycles. The van der Waals surface area contributed by atoms with E-state index in [1.165, 1.54) is 29.2 Å². The molecule has 2 aromatic rings. The molecule has 32 heavy (non-hydrogen) atoms. The number of hydrogen-bond donors (Lipinski definition) is 3. The molecule has 9 heteroatoms. The summed E-state index contributed by atoms with van der Waals surface area (Å²) in [5.74, 6) is -1.34. The third kappa shape index (κ3) is 4.53. The maximum Gasteiger partial charge on any atom is 1.00 e. The predicted molar refractivity (Wildman–Crippen MR) is 112 cm³/mol. The molecule has 2 aromatic carbocycles. The van der Waals surface area contributed by atoms with Gasteiger partial charge in [-0.25, -0.2) is 4.39 Å². The number of benzene rings is 2. The molecule has 2 atom stereocenters. The number of amides is 1. The van der Waals surface area contributed by atoms with Crippen LogP contribution < -0.4 is 24.2 Å². The van der Waals surface area contributed by atoms with Crippen LogP contribution in [0.3, 0.4) is 0 Å². The number of para-hydroxylation sites is 1. The molecule has 0 aromatic heterocycles. The molecule has 7 nitrogen and oxygen atoms in total. The fraction of sp³-hybridized carbons (Fsp3) is 0.304. The number of nitrogens with one attached hydrogen (secondary N) is 1. The number of Topliss-reactive ketones (excluding diaryl/α,β-unsaturated/α-hetero) is 1. The van der Waals surface area contributed by atoms with E-state index in [2.05, 4.69) is 10.6 Å². The summed E-state index contributed by atoms with van der Waals surface area (Å²) in [5, 5.41) is 28.2. The summed E-state index contributed by atoms with van der Waals surface area (Å²) in [7, 11) is 3.13. The van der Waals surface area contributed by atoms with Gasteiger partial charge >= 0.3 is 18.9 Å². The number of rotatable bonds is 7. The number of aromatic hydroxyl groups is 1. The summed E-state index contributed by atoms with van der Waals surface area (Å²) in [6.07, 6.45) is 0.622. The summed E-state index contributed by atoms with van der Waals surface area (Å²) in [5.41, 5.74) is 1.24. The first kappa shape index (κ1) is 23.9. The Labute approximate surface area is 197 Å². The normalized spacial score (nSPS) is 18.4. The fourth-order valence-corrected chi connectivity index (χ4v) is 3.60. The Hall–Kier alpha value is -2.79. The van der Waals surface area contributed by atoms with Crippen LogP contribution in [0.25, 0.3) is 5.32 Å². The zero-order valence-corrected chi connectivity index (χ0v) is 18.2. The minimum atomic E-state index is -1.34. The van der Waals surface area contributed by atoms with Crippen LogP contribution in [-0.4, -0.2) is 47.0 Å². The van der Waals surface area contributed by atoms with E-state index in [1.54, 1.807) is 32.3 Å². The van der Waals surface area contributed by atoms with E-state index in [0.717, 1.165) is 18.4 Å². The van der Waals surface area contributed by atoms with E-state index in [4.69, 9.17) is 0 Å². The first-order chi connectivity index (χ1) is 14.8. The molecule has 0 bridgehead atoms. The van der Waals surface area contributed by atoms with Crippen molar-refractivity contribution in [2.24, 2.45) is 5.92 Å². The van der Waals surface area contributed by atoms with Gasteiger partial charge in [0.25, 0.3) is 5.91 Å². The number of aliphatic hydroxyl groups excluding tert-OH is 1.